The Morgan fingerprint density at radius 2 is 0.878 bits per heavy atom. The molecule has 190 valence electrons. The van der Waals surface area contributed by atoms with Crippen molar-refractivity contribution in [1.82, 2.24) is 0 Å². The van der Waals surface area contributed by atoms with E-state index in [1.165, 1.54) is 6.07 Å². The Kier molecular flexibility index (Phi) is 2.10. The molecule has 8 aromatic carbocycles. The van der Waals surface area contributed by atoms with Crippen LogP contribution in [0.3, 0.4) is 0 Å². The fourth-order valence-electron chi connectivity index (χ4n) is 5.10. The van der Waals surface area contributed by atoms with E-state index in [0.717, 1.165) is 11.3 Å². The summed E-state index contributed by atoms with van der Waals surface area (Å²) in [5.41, 5.74) is -1.94. The van der Waals surface area contributed by atoms with Gasteiger partial charge in [-0.1, -0.05) is 121 Å². The van der Waals surface area contributed by atoms with Crippen LogP contribution in [-0.2, 0) is 0 Å². The van der Waals surface area contributed by atoms with Gasteiger partial charge in [-0.25, -0.2) is 0 Å². The summed E-state index contributed by atoms with van der Waals surface area (Å²) in [5, 5.41) is -3.82. The molecule has 1 heteroatoms. The van der Waals surface area contributed by atoms with Crippen LogP contribution >= 0.6 is 11.3 Å². The molecule has 9 aromatic rings. The van der Waals surface area contributed by atoms with Crippen LogP contribution in [0.1, 0.15) is 31.5 Å². The van der Waals surface area contributed by atoms with E-state index in [-0.39, 0.29) is 36.5 Å². The summed E-state index contributed by atoms with van der Waals surface area (Å²) in [6.07, 6.45) is 0. The maximum atomic E-state index is 9.48. The number of benzene rings is 8. The average molecular weight is 560 g/mol. The van der Waals surface area contributed by atoms with Crippen LogP contribution in [0, 0.1) is 0 Å². The summed E-state index contributed by atoms with van der Waals surface area (Å²) in [4.78, 5) is 0. The fourth-order valence-corrected chi connectivity index (χ4v) is 6.16. The molecule has 0 nitrogen and oxygen atoms in total. The summed E-state index contributed by atoms with van der Waals surface area (Å²) < 4.78 is 204. The molecule has 0 fully saturated rings. The monoisotopic (exact) mass is 559 g/mol. The first-order chi connectivity index (χ1) is 29.9. The number of rotatable bonds is 2. The van der Waals surface area contributed by atoms with Crippen molar-refractivity contribution >= 4 is 74.6 Å². The summed E-state index contributed by atoms with van der Waals surface area (Å²) in [6.45, 7) is 0. The number of hydrogen-bond acceptors (Lipinski definition) is 1. The van der Waals surface area contributed by atoms with Gasteiger partial charge >= 0.3 is 0 Å². The van der Waals surface area contributed by atoms with Gasteiger partial charge in [0, 0.05) is 20.2 Å². The summed E-state index contributed by atoms with van der Waals surface area (Å²) in [6, 6.07) is -15.6. The quantitative estimate of drug-likeness (QED) is 0.185. The molecule has 0 radical (unpaired) electrons. The topological polar surface area (TPSA) is 0 Å². The third-order valence-corrected chi connectivity index (χ3v) is 7.91. The van der Waals surface area contributed by atoms with E-state index in [1.54, 1.807) is 0 Å². The number of fused-ring (bicyclic) bond motifs is 7. The summed E-state index contributed by atoms with van der Waals surface area (Å²) in [7, 11) is 0. The van der Waals surface area contributed by atoms with Crippen molar-refractivity contribution in [3.63, 3.8) is 0 Å². The van der Waals surface area contributed by atoms with Crippen LogP contribution in [0.15, 0.2) is 145 Å². The highest BCUT2D eigenvalue weighted by molar-refractivity contribution is 7.25. The van der Waals surface area contributed by atoms with E-state index in [0.29, 0.717) is 0 Å². The Hall–Kier alpha value is -4.98. The molecular weight excluding hydrogens is 513 g/mol. The highest BCUT2D eigenvalue weighted by Gasteiger charge is 2.17. The third-order valence-electron chi connectivity index (χ3n) is 6.85. The number of thiophene rings is 1. The minimum Gasteiger partial charge on any atom is -0.135 e. The van der Waals surface area contributed by atoms with Crippen LogP contribution in [0.2, 0.25) is 0 Å². The molecule has 0 N–H and O–H groups in total. The maximum absolute atomic E-state index is 9.48. The maximum Gasteiger partial charge on any atom is 0.0644 e. The van der Waals surface area contributed by atoms with Crippen LogP contribution < -0.4 is 0 Å². The highest BCUT2D eigenvalue weighted by atomic mass is 32.1. The van der Waals surface area contributed by atoms with Gasteiger partial charge in [-0.15, -0.1) is 11.3 Å². The molecule has 1 aromatic heterocycles. The van der Waals surface area contributed by atoms with E-state index in [9.17, 15) is 11.0 Å². The van der Waals surface area contributed by atoms with E-state index in [2.05, 4.69) is 0 Å². The van der Waals surface area contributed by atoms with Gasteiger partial charge in [-0.05, 0) is 89.5 Å². The van der Waals surface area contributed by atoms with Gasteiger partial charge in [0.1, 0.15) is 0 Å². The van der Waals surface area contributed by atoms with Crippen LogP contribution in [0.25, 0.3) is 85.5 Å². The lowest BCUT2D eigenvalue weighted by atomic mass is 9.85. The zero-order valence-corrected chi connectivity index (χ0v) is 21.3. The predicted octanol–water partition coefficient (Wildman–Crippen LogP) is 12.0. The third kappa shape index (κ3) is 3.46. The molecule has 41 heavy (non-hydrogen) atoms. The lowest BCUT2D eigenvalue weighted by Crippen LogP contribution is -1.90. The SMILES string of the molecule is [2H]c1c([2H])c([2H])c2c([2H])c(-c3c4c([2H])c([2H])c([2H])c([2H])c4c(-c4cc5sc6c([2H])c7c([2H])c([2H])c([2H])c([2H])c7c([2H])c6c5c([2H])c4[2H])c4c([2H])c([2H])c([2H])c([2H])c34)c([2H])c([2H])c2c1[2H]. The second-order valence-corrected chi connectivity index (χ2v) is 10.2. The molecule has 0 aliphatic carbocycles. The Morgan fingerprint density at radius 3 is 1.54 bits per heavy atom. The Balaban J connectivity index is 1.57. The lowest BCUT2D eigenvalue weighted by Gasteiger charge is -2.18. The largest absolute Gasteiger partial charge is 0.135 e. The highest BCUT2D eigenvalue weighted by Crippen LogP contribution is 2.46. The van der Waals surface area contributed by atoms with Crippen molar-refractivity contribution in [3.8, 4) is 22.3 Å². The second-order valence-electron chi connectivity index (χ2n) is 9.10. The second kappa shape index (κ2) is 8.76. The van der Waals surface area contributed by atoms with Crippen molar-refractivity contribution in [2.24, 2.45) is 0 Å². The normalized spacial score (nSPS) is 19.8. The Morgan fingerprint density at radius 1 is 0.366 bits per heavy atom. The molecular formula is C40H24S. The molecule has 0 saturated heterocycles. The van der Waals surface area contributed by atoms with Gasteiger partial charge < -0.3 is 0 Å². The van der Waals surface area contributed by atoms with Gasteiger partial charge in [0.2, 0.25) is 0 Å². The van der Waals surface area contributed by atoms with Gasteiger partial charge in [0.05, 0.1) is 31.5 Å². The molecule has 0 atom stereocenters. The van der Waals surface area contributed by atoms with Crippen molar-refractivity contribution in [3.05, 3.63) is 145 Å². The van der Waals surface area contributed by atoms with Crippen molar-refractivity contribution in [2.75, 3.05) is 0 Å². The molecule has 0 spiro atoms. The molecule has 0 aliphatic rings. The molecule has 0 saturated carbocycles. The number of hydrogen-bond donors (Lipinski definition) is 0. The first-order valence-corrected chi connectivity index (χ1v) is 13.1. The lowest BCUT2D eigenvalue weighted by molar-refractivity contribution is 1.69. The van der Waals surface area contributed by atoms with Crippen LogP contribution in [0.5, 0.6) is 0 Å². The minimum atomic E-state index is -0.870. The summed E-state index contributed by atoms with van der Waals surface area (Å²) >= 11 is 0.824. The molecule has 0 bridgehead atoms. The minimum absolute atomic E-state index is 0.0166. The zero-order valence-electron chi connectivity index (χ0n) is 43.5. The van der Waals surface area contributed by atoms with Gasteiger partial charge in [-0.2, -0.15) is 0 Å². The molecule has 9 rings (SSSR count). The molecule has 1 heterocycles. The van der Waals surface area contributed by atoms with Crippen molar-refractivity contribution in [2.45, 2.75) is 0 Å². The van der Waals surface area contributed by atoms with E-state index < -0.39 is 188 Å². The smallest absolute Gasteiger partial charge is 0.0644 e. The van der Waals surface area contributed by atoms with Gasteiger partial charge in [0.25, 0.3) is 0 Å². The van der Waals surface area contributed by atoms with Crippen molar-refractivity contribution < 1.29 is 31.5 Å². The Labute approximate surface area is 274 Å². The van der Waals surface area contributed by atoms with Gasteiger partial charge in [0.15, 0.2) is 0 Å². The zero-order chi connectivity index (χ0) is 46.9. The first kappa shape index (κ1) is 9.83. The Bertz CT molecular complexity index is 3680. The predicted molar refractivity (Wildman–Crippen MR) is 180 cm³/mol. The fraction of sp³-hybridized carbons (Fsp3) is 0. The van der Waals surface area contributed by atoms with E-state index in [4.69, 9.17) is 20.6 Å². The molecule has 0 amide bonds. The van der Waals surface area contributed by atoms with E-state index in [1.807, 2.05) is 0 Å². The van der Waals surface area contributed by atoms with E-state index >= 15 is 0 Å². The standard InChI is InChI=1S/C40H24S/c1-2-10-26-21-29(18-17-25(26)9-1)39-32-13-5-7-15-34(32)40(35-16-8-6-14-33(35)39)30-19-20-31-36-22-27-11-3-4-12-28(27)23-38(36)41-37(31)24-30/h1-24H/i1D,2D,3D,4D,5D,6D,7D,8D,9D,10D,11D,12D,13D,14D,15D,16D,17D,18D,19D,20D,21D,22D,23D. The molecule has 0 unspecified atom stereocenters. The average Bonchev–Trinajstić information content (AvgIpc) is 3.66. The molecule has 0 aliphatic heterocycles. The van der Waals surface area contributed by atoms with Crippen LogP contribution in [0.4, 0.5) is 0 Å². The van der Waals surface area contributed by atoms with Crippen LogP contribution in [-0.4, -0.2) is 0 Å². The van der Waals surface area contributed by atoms with Crippen molar-refractivity contribution in [1.29, 1.82) is 0 Å². The summed E-state index contributed by atoms with van der Waals surface area (Å²) in [5.74, 6) is 0. The van der Waals surface area contributed by atoms with Gasteiger partial charge in [-0.3, -0.25) is 0 Å². The first-order valence-electron chi connectivity index (χ1n) is 23.7.